The number of piperidine rings is 1. The van der Waals surface area contributed by atoms with E-state index in [1.54, 1.807) is 7.11 Å². The molecule has 1 saturated heterocycles. The van der Waals surface area contributed by atoms with Gasteiger partial charge in [-0.1, -0.05) is 6.07 Å². The van der Waals surface area contributed by atoms with E-state index >= 15 is 0 Å². The van der Waals surface area contributed by atoms with Crippen molar-refractivity contribution in [2.75, 3.05) is 26.8 Å². The number of rotatable bonds is 6. The van der Waals surface area contributed by atoms with E-state index < -0.39 is 0 Å². The maximum absolute atomic E-state index is 12.4. The Hall–Kier alpha value is -1.46. The van der Waals surface area contributed by atoms with Crippen LogP contribution < -0.4 is 20.1 Å². The molecule has 0 aromatic heterocycles. The van der Waals surface area contributed by atoms with Gasteiger partial charge in [-0.05, 0) is 62.4 Å². The van der Waals surface area contributed by atoms with E-state index in [4.69, 9.17) is 9.47 Å². The van der Waals surface area contributed by atoms with Crippen molar-refractivity contribution in [3.05, 3.63) is 23.8 Å². The normalized spacial score (nSPS) is 20.8. The Morgan fingerprint density at radius 1 is 1.33 bits per heavy atom. The lowest BCUT2D eigenvalue weighted by atomic mass is 9.92. The van der Waals surface area contributed by atoms with Gasteiger partial charge < -0.3 is 20.1 Å². The predicted molar refractivity (Wildman–Crippen MR) is 95.9 cm³/mol. The molecule has 1 aliphatic carbocycles. The molecule has 1 heterocycles. The van der Waals surface area contributed by atoms with Crippen molar-refractivity contribution in [3.8, 4) is 11.5 Å². The zero-order valence-electron chi connectivity index (χ0n) is 14.4. The largest absolute Gasteiger partial charge is 0.493 e. The van der Waals surface area contributed by atoms with Gasteiger partial charge in [0.2, 0.25) is 5.91 Å². The Morgan fingerprint density at radius 3 is 2.75 bits per heavy atom. The highest BCUT2D eigenvalue weighted by molar-refractivity contribution is 5.85. The number of carbonyl (C=O) groups is 1. The first kappa shape index (κ1) is 18.9. The second-order valence-electron chi connectivity index (χ2n) is 6.51. The van der Waals surface area contributed by atoms with Gasteiger partial charge >= 0.3 is 0 Å². The molecule has 2 N–H and O–H groups in total. The quantitative estimate of drug-likeness (QED) is 0.824. The van der Waals surface area contributed by atoms with Crippen molar-refractivity contribution < 1.29 is 14.3 Å². The SMILES string of the molecule is CCOc1ccc(CNC(=O)C2CC23CCNCC3)cc1OC.Cl. The monoisotopic (exact) mass is 354 g/mol. The lowest BCUT2D eigenvalue weighted by Crippen LogP contribution is -2.33. The third kappa shape index (κ3) is 3.95. The number of halogens is 1. The van der Waals surface area contributed by atoms with Crippen LogP contribution in [0.25, 0.3) is 0 Å². The molecule has 24 heavy (non-hydrogen) atoms. The Bertz CT molecular complexity index is 573. The van der Waals surface area contributed by atoms with Crippen LogP contribution in [-0.2, 0) is 11.3 Å². The second-order valence-corrected chi connectivity index (χ2v) is 6.51. The van der Waals surface area contributed by atoms with Crippen molar-refractivity contribution in [3.63, 3.8) is 0 Å². The number of methoxy groups -OCH3 is 1. The average Bonchev–Trinajstić information content (AvgIpc) is 3.27. The van der Waals surface area contributed by atoms with Crippen molar-refractivity contribution in [1.82, 2.24) is 10.6 Å². The summed E-state index contributed by atoms with van der Waals surface area (Å²) in [6.45, 7) is 5.16. The Balaban J connectivity index is 0.00000208. The molecule has 1 unspecified atom stereocenters. The molecule has 1 spiro atoms. The molecule has 5 nitrogen and oxygen atoms in total. The zero-order valence-corrected chi connectivity index (χ0v) is 15.2. The molecule has 0 bridgehead atoms. The summed E-state index contributed by atoms with van der Waals surface area (Å²) in [5.74, 6) is 1.84. The topological polar surface area (TPSA) is 59.6 Å². The number of amides is 1. The van der Waals surface area contributed by atoms with Crippen LogP contribution in [0.3, 0.4) is 0 Å². The van der Waals surface area contributed by atoms with Crippen LogP contribution in [0.5, 0.6) is 11.5 Å². The zero-order chi connectivity index (χ0) is 16.3. The highest BCUT2D eigenvalue weighted by Crippen LogP contribution is 2.58. The van der Waals surface area contributed by atoms with E-state index in [2.05, 4.69) is 10.6 Å². The first-order chi connectivity index (χ1) is 11.2. The number of hydrogen-bond donors (Lipinski definition) is 2. The molecule has 1 saturated carbocycles. The van der Waals surface area contributed by atoms with Crippen molar-refractivity contribution in [2.24, 2.45) is 11.3 Å². The summed E-state index contributed by atoms with van der Waals surface area (Å²) in [6, 6.07) is 5.80. The van der Waals surface area contributed by atoms with Gasteiger partial charge in [0.15, 0.2) is 11.5 Å². The van der Waals surface area contributed by atoms with Crippen molar-refractivity contribution in [1.29, 1.82) is 0 Å². The minimum absolute atomic E-state index is 0. The lowest BCUT2D eigenvalue weighted by molar-refractivity contribution is -0.123. The molecule has 1 amide bonds. The number of ether oxygens (including phenoxy) is 2. The highest BCUT2D eigenvalue weighted by Gasteiger charge is 2.57. The van der Waals surface area contributed by atoms with Crippen LogP contribution in [0.15, 0.2) is 18.2 Å². The minimum atomic E-state index is 0. The highest BCUT2D eigenvalue weighted by atomic mass is 35.5. The van der Waals surface area contributed by atoms with Crippen molar-refractivity contribution >= 4 is 18.3 Å². The molecular formula is C18H27ClN2O3. The third-order valence-corrected chi connectivity index (χ3v) is 5.10. The van der Waals surface area contributed by atoms with Gasteiger partial charge in [0.1, 0.15) is 0 Å². The molecular weight excluding hydrogens is 328 g/mol. The molecule has 1 atom stereocenters. The van der Waals surface area contributed by atoms with Crippen LogP contribution in [0.1, 0.15) is 31.7 Å². The van der Waals surface area contributed by atoms with Gasteiger partial charge in [0.05, 0.1) is 13.7 Å². The molecule has 6 heteroatoms. The van der Waals surface area contributed by atoms with Crippen LogP contribution in [0, 0.1) is 11.3 Å². The molecule has 1 aromatic carbocycles. The first-order valence-electron chi connectivity index (χ1n) is 8.46. The van der Waals surface area contributed by atoms with Gasteiger partial charge in [-0.25, -0.2) is 0 Å². The summed E-state index contributed by atoms with van der Waals surface area (Å²) in [5, 5.41) is 6.45. The fourth-order valence-electron chi connectivity index (χ4n) is 3.60. The van der Waals surface area contributed by atoms with Gasteiger partial charge in [0.25, 0.3) is 0 Å². The third-order valence-electron chi connectivity index (χ3n) is 5.10. The van der Waals surface area contributed by atoms with Gasteiger partial charge in [-0.2, -0.15) is 0 Å². The summed E-state index contributed by atoms with van der Waals surface area (Å²) in [6.07, 6.45) is 3.30. The fourth-order valence-corrected chi connectivity index (χ4v) is 3.60. The average molecular weight is 355 g/mol. The molecule has 2 fully saturated rings. The van der Waals surface area contributed by atoms with E-state index in [0.29, 0.717) is 18.9 Å². The van der Waals surface area contributed by atoms with Crippen LogP contribution in [0.4, 0.5) is 0 Å². The van der Waals surface area contributed by atoms with Gasteiger partial charge in [-0.15, -0.1) is 12.4 Å². The minimum Gasteiger partial charge on any atom is -0.493 e. The number of hydrogen-bond acceptors (Lipinski definition) is 4. The molecule has 134 valence electrons. The van der Waals surface area contributed by atoms with Gasteiger partial charge in [-0.3, -0.25) is 4.79 Å². The standard InChI is InChI=1S/C18H26N2O3.ClH/c1-3-23-15-5-4-13(10-16(15)22-2)12-20-17(21)14-11-18(14)6-8-19-9-7-18;/h4-5,10,14,19H,3,6-9,11-12H2,1-2H3,(H,20,21);1H. The van der Waals surface area contributed by atoms with Crippen LogP contribution in [0.2, 0.25) is 0 Å². The van der Waals surface area contributed by atoms with Crippen LogP contribution in [-0.4, -0.2) is 32.7 Å². The Labute approximate surface area is 149 Å². The number of carbonyl (C=O) groups excluding carboxylic acids is 1. The second kappa shape index (κ2) is 8.08. The molecule has 3 rings (SSSR count). The maximum atomic E-state index is 12.4. The van der Waals surface area contributed by atoms with E-state index in [-0.39, 0.29) is 29.6 Å². The lowest BCUT2D eigenvalue weighted by Gasteiger charge is -2.23. The van der Waals surface area contributed by atoms with Crippen LogP contribution >= 0.6 is 12.4 Å². The Kier molecular flexibility index (Phi) is 6.35. The summed E-state index contributed by atoms with van der Waals surface area (Å²) in [4.78, 5) is 12.4. The van der Waals surface area contributed by atoms with E-state index in [1.165, 1.54) is 0 Å². The predicted octanol–water partition coefficient (Wildman–Crippen LogP) is 2.52. The smallest absolute Gasteiger partial charge is 0.223 e. The molecule has 1 aromatic rings. The summed E-state index contributed by atoms with van der Waals surface area (Å²) < 4.78 is 10.9. The van der Waals surface area contributed by atoms with Gasteiger partial charge in [0, 0.05) is 12.5 Å². The summed E-state index contributed by atoms with van der Waals surface area (Å²) in [5.41, 5.74) is 1.31. The summed E-state index contributed by atoms with van der Waals surface area (Å²) >= 11 is 0. The molecule has 1 aliphatic heterocycles. The summed E-state index contributed by atoms with van der Waals surface area (Å²) in [7, 11) is 1.63. The first-order valence-corrected chi connectivity index (χ1v) is 8.46. The molecule has 0 radical (unpaired) electrons. The number of benzene rings is 1. The fraction of sp³-hybridized carbons (Fsp3) is 0.611. The number of nitrogens with one attached hydrogen (secondary N) is 2. The maximum Gasteiger partial charge on any atom is 0.223 e. The molecule has 2 aliphatic rings. The van der Waals surface area contributed by atoms with E-state index in [9.17, 15) is 4.79 Å². The van der Waals surface area contributed by atoms with E-state index in [0.717, 1.165) is 43.7 Å². The van der Waals surface area contributed by atoms with Crippen molar-refractivity contribution in [2.45, 2.75) is 32.7 Å². The van der Waals surface area contributed by atoms with E-state index in [1.807, 2.05) is 25.1 Å². The Morgan fingerprint density at radius 2 is 2.08 bits per heavy atom.